The highest BCUT2D eigenvalue weighted by molar-refractivity contribution is 5.93. The van der Waals surface area contributed by atoms with Gasteiger partial charge in [0.25, 0.3) is 0 Å². The van der Waals surface area contributed by atoms with Crippen LogP contribution < -0.4 is 10.5 Å². The van der Waals surface area contributed by atoms with Gasteiger partial charge in [0.1, 0.15) is 5.75 Å². The van der Waals surface area contributed by atoms with Gasteiger partial charge in [0, 0.05) is 11.5 Å². The van der Waals surface area contributed by atoms with Crippen molar-refractivity contribution in [2.24, 2.45) is 0 Å². The van der Waals surface area contributed by atoms with Gasteiger partial charge in [-0.2, -0.15) is 0 Å². The van der Waals surface area contributed by atoms with Gasteiger partial charge in [-0.15, -0.1) is 0 Å². The monoisotopic (exact) mass is 280 g/mol. The van der Waals surface area contributed by atoms with Crippen LogP contribution in [-0.4, -0.2) is 16.1 Å². The Morgan fingerprint density at radius 1 is 1.14 bits per heavy atom. The number of hydrogen-bond donors (Lipinski definition) is 2. The number of pyridine rings is 1. The molecule has 3 rings (SSSR count). The van der Waals surface area contributed by atoms with Crippen LogP contribution in [0.4, 0.5) is 5.69 Å². The molecule has 0 unspecified atom stereocenters. The minimum atomic E-state index is -1.11. The highest BCUT2D eigenvalue weighted by Gasteiger charge is 2.11. The van der Waals surface area contributed by atoms with E-state index in [9.17, 15) is 4.79 Å². The Kier molecular flexibility index (Phi) is 3.16. The third-order valence-electron chi connectivity index (χ3n) is 3.10. The summed E-state index contributed by atoms with van der Waals surface area (Å²) < 4.78 is 5.71. The molecule has 2 aromatic carbocycles. The zero-order valence-corrected chi connectivity index (χ0v) is 11.0. The number of aromatic carboxylic acids is 1. The molecular weight excluding hydrogens is 268 g/mol. The zero-order valence-electron chi connectivity index (χ0n) is 11.0. The van der Waals surface area contributed by atoms with Gasteiger partial charge in [-0.3, -0.25) is 0 Å². The summed E-state index contributed by atoms with van der Waals surface area (Å²) in [4.78, 5) is 15.1. The van der Waals surface area contributed by atoms with E-state index in [-0.39, 0.29) is 17.1 Å². The van der Waals surface area contributed by atoms with Crippen LogP contribution >= 0.6 is 0 Å². The number of nitrogens with zero attached hydrogens (tertiary/aromatic N) is 1. The van der Waals surface area contributed by atoms with Gasteiger partial charge in [-0.25, -0.2) is 9.78 Å². The van der Waals surface area contributed by atoms with Crippen molar-refractivity contribution in [3.05, 3.63) is 60.3 Å². The number of anilines is 1. The Bertz CT molecular complexity index is 825. The molecule has 0 atom stereocenters. The van der Waals surface area contributed by atoms with Crippen LogP contribution in [-0.2, 0) is 0 Å². The molecule has 5 heteroatoms. The van der Waals surface area contributed by atoms with Crippen molar-refractivity contribution < 1.29 is 14.6 Å². The van der Waals surface area contributed by atoms with E-state index in [0.29, 0.717) is 5.75 Å². The normalized spacial score (nSPS) is 10.5. The lowest BCUT2D eigenvalue weighted by molar-refractivity contribution is 0.0697. The molecule has 0 fully saturated rings. The standard InChI is InChI=1S/C16H12N2O3/c17-13-9-18-15(8-12(13)16(19)20)21-14-7-3-5-10-4-1-2-6-11(10)14/h1-9H,17H2,(H,19,20). The number of carbonyl (C=O) groups is 1. The second-order valence-corrected chi connectivity index (χ2v) is 4.49. The molecule has 0 amide bonds. The van der Waals surface area contributed by atoms with E-state index >= 15 is 0 Å². The number of fused-ring (bicyclic) bond motifs is 1. The molecule has 0 saturated carbocycles. The molecule has 0 aliphatic carbocycles. The Hall–Kier alpha value is -3.08. The minimum absolute atomic E-state index is 0.0276. The summed E-state index contributed by atoms with van der Waals surface area (Å²) in [5.74, 6) is -0.308. The number of nitrogen functional groups attached to an aromatic ring is 1. The van der Waals surface area contributed by atoms with Crippen molar-refractivity contribution in [2.75, 3.05) is 5.73 Å². The molecule has 5 nitrogen and oxygen atoms in total. The van der Waals surface area contributed by atoms with Crippen LogP contribution in [0, 0.1) is 0 Å². The zero-order chi connectivity index (χ0) is 14.8. The van der Waals surface area contributed by atoms with Crippen LogP contribution in [0.3, 0.4) is 0 Å². The fourth-order valence-electron chi connectivity index (χ4n) is 2.09. The van der Waals surface area contributed by atoms with Gasteiger partial charge in [-0.1, -0.05) is 36.4 Å². The van der Waals surface area contributed by atoms with Crippen LogP contribution in [0.15, 0.2) is 54.7 Å². The van der Waals surface area contributed by atoms with Gasteiger partial charge in [0.15, 0.2) is 0 Å². The van der Waals surface area contributed by atoms with E-state index < -0.39 is 5.97 Å². The molecule has 104 valence electrons. The SMILES string of the molecule is Nc1cnc(Oc2cccc3ccccc23)cc1C(=O)O. The van der Waals surface area contributed by atoms with Gasteiger partial charge >= 0.3 is 5.97 Å². The lowest BCUT2D eigenvalue weighted by atomic mass is 10.1. The maximum Gasteiger partial charge on any atom is 0.338 e. The molecule has 3 N–H and O–H groups in total. The van der Waals surface area contributed by atoms with E-state index in [4.69, 9.17) is 15.6 Å². The quantitative estimate of drug-likeness (QED) is 0.768. The molecule has 21 heavy (non-hydrogen) atoms. The number of aromatic nitrogens is 1. The molecule has 0 bridgehead atoms. The first-order valence-corrected chi connectivity index (χ1v) is 6.29. The molecule has 1 aromatic heterocycles. The van der Waals surface area contributed by atoms with Crippen LogP contribution in [0.5, 0.6) is 11.6 Å². The number of ether oxygens (including phenoxy) is 1. The minimum Gasteiger partial charge on any atom is -0.478 e. The fraction of sp³-hybridized carbons (Fsp3) is 0. The van der Waals surface area contributed by atoms with Crippen molar-refractivity contribution >= 4 is 22.4 Å². The molecule has 1 heterocycles. The lowest BCUT2D eigenvalue weighted by Gasteiger charge is -2.09. The predicted molar refractivity (Wildman–Crippen MR) is 79.6 cm³/mol. The van der Waals surface area contributed by atoms with Gasteiger partial charge in [0.2, 0.25) is 5.88 Å². The van der Waals surface area contributed by atoms with Crippen molar-refractivity contribution in [1.82, 2.24) is 4.98 Å². The summed E-state index contributed by atoms with van der Waals surface area (Å²) in [5.41, 5.74) is 5.65. The lowest BCUT2D eigenvalue weighted by Crippen LogP contribution is -2.03. The first-order valence-electron chi connectivity index (χ1n) is 6.29. The summed E-state index contributed by atoms with van der Waals surface area (Å²) >= 11 is 0. The Balaban J connectivity index is 2.03. The van der Waals surface area contributed by atoms with Gasteiger partial charge in [0.05, 0.1) is 17.4 Å². The maximum atomic E-state index is 11.1. The molecule has 3 aromatic rings. The number of benzene rings is 2. The second-order valence-electron chi connectivity index (χ2n) is 4.49. The van der Waals surface area contributed by atoms with Crippen molar-refractivity contribution in [3.63, 3.8) is 0 Å². The van der Waals surface area contributed by atoms with Crippen LogP contribution in [0.25, 0.3) is 10.8 Å². The highest BCUT2D eigenvalue weighted by Crippen LogP contribution is 2.29. The second kappa shape index (κ2) is 5.13. The Morgan fingerprint density at radius 3 is 2.71 bits per heavy atom. The fourth-order valence-corrected chi connectivity index (χ4v) is 2.09. The summed E-state index contributed by atoms with van der Waals surface area (Å²) in [5, 5.41) is 11.0. The van der Waals surface area contributed by atoms with E-state index in [1.165, 1.54) is 12.3 Å². The number of carboxylic acid groups (broad SMARTS) is 1. The average Bonchev–Trinajstić information content (AvgIpc) is 2.49. The molecule has 0 aliphatic rings. The first-order chi connectivity index (χ1) is 10.1. The number of carboxylic acids is 1. The smallest absolute Gasteiger partial charge is 0.338 e. The maximum absolute atomic E-state index is 11.1. The van der Waals surface area contributed by atoms with Gasteiger partial charge in [-0.05, 0) is 11.5 Å². The number of rotatable bonds is 3. The van der Waals surface area contributed by atoms with E-state index in [1.807, 2.05) is 36.4 Å². The molecule has 0 spiro atoms. The summed E-state index contributed by atoms with van der Waals surface area (Å²) in [7, 11) is 0. The van der Waals surface area contributed by atoms with Crippen LogP contribution in [0.2, 0.25) is 0 Å². The van der Waals surface area contributed by atoms with Gasteiger partial charge < -0.3 is 15.6 Å². The average molecular weight is 280 g/mol. The number of nitrogens with two attached hydrogens (primary N) is 1. The van der Waals surface area contributed by atoms with Crippen molar-refractivity contribution in [2.45, 2.75) is 0 Å². The number of hydrogen-bond acceptors (Lipinski definition) is 4. The first kappa shape index (κ1) is 12.9. The van der Waals surface area contributed by atoms with E-state index in [2.05, 4.69) is 4.98 Å². The van der Waals surface area contributed by atoms with E-state index in [0.717, 1.165) is 10.8 Å². The third kappa shape index (κ3) is 2.49. The summed E-state index contributed by atoms with van der Waals surface area (Å²) in [6.07, 6.45) is 1.28. The van der Waals surface area contributed by atoms with E-state index in [1.54, 1.807) is 6.07 Å². The Labute approximate surface area is 120 Å². The molecule has 0 aliphatic heterocycles. The largest absolute Gasteiger partial charge is 0.478 e. The van der Waals surface area contributed by atoms with Crippen LogP contribution in [0.1, 0.15) is 10.4 Å². The molecule has 0 saturated heterocycles. The van der Waals surface area contributed by atoms with Crippen molar-refractivity contribution in [1.29, 1.82) is 0 Å². The Morgan fingerprint density at radius 2 is 1.90 bits per heavy atom. The summed E-state index contributed by atoms with van der Waals surface area (Å²) in [6.45, 7) is 0. The molecule has 0 radical (unpaired) electrons. The summed E-state index contributed by atoms with van der Waals surface area (Å²) in [6, 6.07) is 14.7. The topological polar surface area (TPSA) is 85.4 Å². The predicted octanol–water partition coefficient (Wildman–Crippen LogP) is 3.31. The third-order valence-corrected chi connectivity index (χ3v) is 3.10. The van der Waals surface area contributed by atoms with Crippen molar-refractivity contribution in [3.8, 4) is 11.6 Å². The highest BCUT2D eigenvalue weighted by atomic mass is 16.5. The molecular formula is C16H12N2O3.